The number of fused-ring (bicyclic) bond motifs is 5. The summed E-state index contributed by atoms with van der Waals surface area (Å²) in [5.41, 5.74) is 7.98. The smallest absolute Gasteiger partial charge is 1.00 e. The first-order valence-corrected chi connectivity index (χ1v) is 12.5. The Hall–Kier alpha value is -1.14. The van der Waals surface area contributed by atoms with E-state index in [1.807, 2.05) is 0 Å². The zero-order valence-corrected chi connectivity index (χ0v) is 20.9. The minimum absolute atomic E-state index is 0. The predicted octanol–water partition coefficient (Wildman–Crippen LogP) is 1.26. The van der Waals surface area contributed by atoms with Crippen molar-refractivity contribution < 1.29 is 48.0 Å². The summed E-state index contributed by atoms with van der Waals surface area (Å²) in [6.07, 6.45) is 5.97. The molecule has 0 aromatic heterocycles. The summed E-state index contributed by atoms with van der Waals surface area (Å²) in [6, 6.07) is 22.8. The number of hydrogen-bond acceptors (Lipinski definition) is 0. The van der Waals surface area contributed by atoms with Crippen molar-refractivity contribution in [2.75, 3.05) is 0 Å². The summed E-state index contributed by atoms with van der Waals surface area (Å²) >= 11 is -0.804. The van der Waals surface area contributed by atoms with E-state index in [4.69, 9.17) is 0 Å². The monoisotopic (exact) mass is 496 g/mol. The van der Waals surface area contributed by atoms with Crippen molar-refractivity contribution in [1.82, 2.24) is 0 Å². The summed E-state index contributed by atoms with van der Waals surface area (Å²) < 4.78 is 2.41. The molecular weight excluding hydrogens is 474 g/mol. The van der Waals surface area contributed by atoms with Gasteiger partial charge in [-0.1, -0.05) is 0 Å². The molecule has 2 aliphatic rings. The van der Waals surface area contributed by atoms with Crippen molar-refractivity contribution in [2.45, 2.75) is 30.8 Å². The fourth-order valence-corrected chi connectivity index (χ4v) is 9.72. The number of benzene rings is 3. The molecule has 0 aliphatic heterocycles. The Balaban J connectivity index is 0.00000120. The van der Waals surface area contributed by atoms with Gasteiger partial charge in [0.25, 0.3) is 0 Å². The van der Waals surface area contributed by atoms with Gasteiger partial charge in [0.15, 0.2) is 0 Å². The van der Waals surface area contributed by atoms with Gasteiger partial charge in [0.05, 0.1) is 0 Å². The Labute approximate surface area is 197 Å². The Bertz CT molecular complexity index is 1120. The molecule has 0 N–H and O–H groups in total. The molecule has 0 heterocycles. The minimum atomic E-state index is -0.804. The van der Waals surface area contributed by atoms with Crippen LogP contribution >= 0.6 is 0 Å². The molecule has 5 rings (SSSR count). The Morgan fingerprint density at radius 2 is 1.55 bits per heavy atom. The van der Waals surface area contributed by atoms with E-state index in [1.54, 1.807) is 20.0 Å². The van der Waals surface area contributed by atoms with Gasteiger partial charge in [0.2, 0.25) is 0 Å². The molecule has 0 spiro atoms. The van der Waals surface area contributed by atoms with E-state index in [1.165, 1.54) is 28.3 Å². The molecule has 3 aromatic carbocycles. The average molecular weight is 499 g/mol. The Morgan fingerprint density at radius 1 is 0.828 bits per heavy atom. The second kappa shape index (κ2) is 8.54. The van der Waals surface area contributed by atoms with Gasteiger partial charge < -0.3 is 24.8 Å². The van der Waals surface area contributed by atoms with Gasteiger partial charge in [-0.15, -0.1) is 0 Å². The summed E-state index contributed by atoms with van der Waals surface area (Å²) in [5, 5.41) is 2.84. The Kier molecular flexibility index (Phi) is 6.64. The first-order chi connectivity index (χ1) is 13.0. The standard InChI is InChI=1S/C17H11.C9H13.2ClH.Zr/c1-3-7-14-12(5-1)9-10-16-15-8-4-2-6-13(15)11-17(14)16;1-9(2,3)8-6-4-5-7-8;;;/h1-11H;4,6H,5H2,1-3H3;2*1H;/q;;;;+2/p-2. The predicted molar refractivity (Wildman–Crippen MR) is 111 cm³/mol. The fraction of sp³-hybridized carbons (Fsp3) is 0.231. The third kappa shape index (κ3) is 3.83. The zero-order valence-electron chi connectivity index (χ0n) is 17.0. The van der Waals surface area contributed by atoms with Crippen LogP contribution in [0.25, 0.3) is 21.9 Å². The van der Waals surface area contributed by atoms with Crippen molar-refractivity contribution in [3.8, 4) is 11.1 Å². The van der Waals surface area contributed by atoms with Crippen LogP contribution in [0.15, 0.2) is 81.7 Å². The maximum atomic E-state index is 2.40. The molecule has 29 heavy (non-hydrogen) atoms. The normalized spacial score (nSPS) is 16.7. The van der Waals surface area contributed by atoms with Gasteiger partial charge >= 0.3 is 174 Å². The third-order valence-corrected chi connectivity index (χ3v) is 10.1. The fourth-order valence-electron chi connectivity index (χ4n) is 4.66. The molecule has 0 amide bonds. The molecule has 0 nitrogen and oxygen atoms in total. The molecule has 0 saturated carbocycles. The van der Waals surface area contributed by atoms with Crippen molar-refractivity contribution in [3.05, 3.63) is 92.8 Å². The van der Waals surface area contributed by atoms with Crippen LogP contribution in [0, 0.1) is 5.41 Å². The largest absolute Gasteiger partial charge is 1.00 e. The van der Waals surface area contributed by atoms with Crippen molar-refractivity contribution in [1.29, 1.82) is 0 Å². The first-order valence-electron chi connectivity index (χ1n) is 9.82. The minimum Gasteiger partial charge on any atom is -1.00 e. The molecular formula is C26H24Cl2Zr. The van der Waals surface area contributed by atoms with Gasteiger partial charge in [0.1, 0.15) is 0 Å². The average Bonchev–Trinajstić information content (AvgIpc) is 3.26. The van der Waals surface area contributed by atoms with Crippen LogP contribution in [0.4, 0.5) is 0 Å². The van der Waals surface area contributed by atoms with E-state index in [2.05, 4.69) is 93.6 Å². The van der Waals surface area contributed by atoms with Crippen LogP contribution in [0.3, 0.4) is 0 Å². The molecule has 0 radical (unpaired) electrons. The van der Waals surface area contributed by atoms with Gasteiger partial charge in [0, 0.05) is 0 Å². The molecule has 0 fully saturated rings. The van der Waals surface area contributed by atoms with E-state index in [0.717, 1.165) is 0 Å². The van der Waals surface area contributed by atoms with Crippen LogP contribution in [0.2, 0.25) is 0 Å². The molecule has 0 saturated heterocycles. The van der Waals surface area contributed by atoms with Gasteiger partial charge in [-0.2, -0.15) is 0 Å². The summed E-state index contributed by atoms with van der Waals surface area (Å²) in [4.78, 5) is 0. The van der Waals surface area contributed by atoms with Gasteiger partial charge in [-0.3, -0.25) is 0 Å². The number of halogens is 2. The van der Waals surface area contributed by atoms with E-state index in [-0.39, 0.29) is 30.2 Å². The summed E-state index contributed by atoms with van der Waals surface area (Å²) in [5.74, 6) is 0. The molecule has 1 atom stereocenters. The second-order valence-corrected chi connectivity index (χ2v) is 12.3. The van der Waals surface area contributed by atoms with Gasteiger partial charge in [-0.05, 0) is 0 Å². The molecule has 146 valence electrons. The van der Waals surface area contributed by atoms with Crippen molar-refractivity contribution in [3.63, 3.8) is 0 Å². The van der Waals surface area contributed by atoms with Crippen LogP contribution < -0.4 is 24.8 Å². The zero-order chi connectivity index (χ0) is 18.6. The number of allylic oxidation sites excluding steroid dienone is 4. The van der Waals surface area contributed by atoms with Crippen LogP contribution in [-0.2, 0) is 23.2 Å². The number of hydrogen-bond donors (Lipinski definition) is 0. The Morgan fingerprint density at radius 3 is 2.34 bits per heavy atom. The van der Waals surface area contributed by atoms with Crippen LogP contribution in [-0.4, -0.2) is 0 Å². The quantitative estimate of drug-likeness (QED) is 0.499. The van der Waals surface area contributed by atoms with E-state index < -0.39 is 23.2 Å². The second-order valence-electron chi connectivity index (χ2n) is 8.66. The SMILES string of the molecule is CC(C)(C)C1=[C]([Zr+2][CH]2c3ccccc3-c3ccc4ccccc4c32)CC=C1.[Cl-].[Cl-]. The van der Waals surface area contributed by atoms with Crippen LogP contribution in [0.1, 0.15) is 41.9 Å². The van der Waals surface area contributed by atoms with E-state index >= 15 is 0 Å². The maximum Gasteiger partial charge on any atom is -1.00 e. The van der Waals surface area contributed by atoms with Crippen molar-refractivity contribution in [2.24, 2.45) is 5.41 Å². The topological polar surface area (TPSA) is 0 Å². The van der Waals surface area contributed by atoms with E-state index in [9.17, 15) is 0 Å². The first kappa shape index (κ1) is 22.5. The van der Waals surface area contributed by atoms with E-state index in [0.29, 0.717) is 3.63 Å². The molecule has 1 unspecified atom stereocenters. The molecule has 2 aliphatic carbocycles. The third-order valence-electron chi connectivity index (χ3n) is 5.88. The van der Waals surface area contributed by atoms with Crippen LogP contribution in [0.5, 0.6) is 0 Å². The molecule has 0 bridgehead atoms. The van der Waals surface area contributed by atoms with Crippen molar-refractivity contribution >= 4 is 10.8 Å². The number of rotatable bonds is 2. The maximum absolute atomic E-state index is 2.40. The molecule has 3 aromatic rings. The molecule has 3 heteroatoms. The van der Waals surface area contributed by atoms with Gasteiger partial charge in [-0.25, -0.2) is 0 Å². The summed E-state index contributed by atoms with van der Waals surface area (Å²) in [7, 11) is 0. The summed E-state index contributed by atoms with van der Waals surface area (Å²) in [6.45, 7) is 7.09.